The van der Waals surface area contributed by atoms with Crippen molar-refractivity contribution in [1.82, 2.24) is 0 Å². The maximum atomic E-state index is 14.1. The molecule has 6 nitrogen and oxygen atoms in total. The molecule has 0 saturated carbocycles. The van der Waals surface area contributed by atoms with Crippen molar-refractivity contribution in [3.8, 4) is 22.6 Å². The monoisotopic (exact) mass is 710 g/mol. The minimum atomic E-state index is -0.749. The molecule has 262 valence electrons. The molecule has 0 unspecified atom stereocenters. The number of halogens is 1. The average molecular weight is 711 g/mol. The van der Waals surface area contributed by atoms with Crippen molar-refractivity contribution in [1.29, 1.82) is 0 Å². The van der Waals surface area contributed by atoms with Crippen LogP contribution >= 0.6 is 11.6 Å². The summed E-state index contributed by atoms with van der Waals surface area (Å²) >= 11 is 6.59. The molecule has 0 amide bonds. The second-order valence-electron chi connectivity index (χ2n) is 16.4. The number of ketones is 4. The van der Waals surface area contributed by atoms with Gasteiger partial charge in [0.2, 0.25) is 23.1 Å². The van der Waals surface area contributed by atoms with Crippen LogP contribution < -0.4 is 0 Å². The Kier molecular flexibility index (Phi) is 7.05. The Bertz CT molecular complexity index is 2330. The van der Waals surface area contributed by atoms with E-state index in [2.05, 4.69) is 39.8 Å². The van der Waals surface area contributed by atoms with Gasteiger partial charge in [0.15, 0.2) is 0 Å². The molecule has 5 aromatic rings. The van der Waals surface area contributed by atoms with Gasteiger partial charge in [-0.2, -0.15) is 0 Å². The van der Waals surface area contributed by atoms with Gasteiger partial charge in [-0.3, -0.25) is 19.2 Å². The van der Waals surface area contributed by atoms with E-state index in [9.17, 15) is 19.2 Å². The Morgan fingerprint density at radius 3 is 1.50 bits per heavy atom. The summed E-state index contributed by atoms with van der Waals surface area (Å²) < 4.78 is 13.6. The molecule has 2 aromatic heterocycles. The smallest absolute Gasteiger partial charge is 0.237 e. The number of benzene rings is 3. The Morgan fingerprint density at radius 2 is 1.06 bits per heavy atom. The highest BCUT2D eigenvalue weighted by Crippen LogP contribution is 2.51. The first kappa shape index (κ1) is 33.1. The molecule has 52 heavy (non-hydrogen) atoms. The van der Waals surface area contributed by atoms with Gasteiger partial charge in [-0.15, -0.1) is 0 Å². The van der Waals surface area contributed by atoms with Crippen LogP contribution in [0.1, 0.15) is 151 Å². The average Bonchev–Trinajstić information content (AvgIpc) is 3.62. The van der Waals surface area contributed by atoms with Crippen LogP contribution in [0.5, 0.6) is 0 Å². The van der Waals surface area contributed by atoms with Crippen LogP contribution in [0.3, 0.4) is 0 Å². The van der Waals surface area contributed by atoms with Gasteiger partial charge in [0.25, 0.3) is 0 Å². The van der Waals surface area contributed by atoms with E-state index >= 15 is 0 Å². The summed E-state index contributed by atoms with van der Waals surface area (Å²) in [6.07, 6.45) is 5.31. The summed E-state index contributed by atoms with van der Waals surface area (Å²) in [5.41, 5.74) is 8.21. The highest BCUT2D eigenvalue weighted by molar-refractivity contribution is 6.54. The van der Waals surface area contributed by atoms with E-state index in [4.69, 9.17) is 20.4 Å². The lowest BCUT2D eigenvalue weighted by Crippen LogP contribution is -2.29. The highest BCUT2D eigenvalue weighted by Gasteiger charge is 2.45. The molecular weight excluding hydrogens is 672 g/mol. The molecule has 4 aliphatic rings. The maximum Gasteiger partial charge on any atom is 0.237 e. The summed E-state index contributed by atoms with van der Waals surface area (Å²) in [4.78, 5) is 56.1. The van der Waals surface area contributed by atoms with Crippen molar-refractivity contribution in [2.45, 2.75) is 96.8 Å². The summed E-state index contributed by atoms with van der Waals surface area (Å²) in [5, 5.41) is 0.488. The Balaban J connectivity index is 1.28. The Hall–Kier alpha value is -4.81. The van der Waals surface area contributed by atoms with E-state index in [-0.39, 0.29) is 22.0 Å². The van der Waals surface area contributed by atoms with Crippen molar-refractivity contribution < 1.29 is 28.0 Å². The molecule has 0 bridgehead atoms. The molecule has 7 heteroatoms. The van der Waals surface area contributed by atoms with Gasteiger partial charge in [-0.1, -0.05) is 75.7 Å². The van der Waals surface area contributed by atoms with Crippen LogP contribution in [0.2, 0.25) is 5.02 Å². The zero-order valence-electron chi connectivity index (χ0n) is 30.3. The van der Waals surface area contributed by atoms with Crippen LogP contribution in [-0.2, 0) is 23.7 Å². The maximum absolute atomic E-state index is 14.1. The minimum absolute atomic E-state index is 0.114. The number of Topliss-reactive ketones (excluding diaryl/α,β-unsaturated/α-hetero) is 4. The van der Waals surface area contributed by atoms with Gasteiger partial charge in [-0.25, -0.2) is 0 Å². The van der Waals surface area contributed by atoms with Crippen LogP contribution in [0.15, 0.2) is 57.4 Å². The number of furan rings is 2. The fourth-order valence-electron chi connectivity index (χ4n) is 9.76. The lowest BCUT2D eigenvalue weighted by molar-refractivity contribution is 0.0813. The van der Waals surface area contributed by atoms with Crippen molar-refractivity contribution in [2.75, 3.05) is 0 Å². The molecular formula is C45H39ClO6. The molecule has 4 aliphatic carbocycles. The van der Waals surface area contributed by atoms with Gasteiger partial charge < -0.3 is 8.83 Å². The molecule has 0 N–H and O–H groups in total. The largest absolute Gasteiger partial charge is 0.459 e. The fraction of sp³-hybridized carbons (Fsp3) is 0.333. The number of hydrogen-bond donors (Lipinski definition) is 0. The first-order chi connectivity index (χ1) is 24.7. The minimum Gasteiger partial charge on any atom is -0.459 e. The van der Waals surface area contributed by atoms with Crippen LogP contribution in [-0.4, -0.2) is 23.1 Å². The zero-order valence-corrected chi connectivity index (χ0v) is 31.0. The predicted molar refractivity (Wildman–Crippen MR) is 199 cm³/mol. The first-order valence-electron chi connectivity index (χ1n) is 18.2. The van der Waals surface area contributed by atoms with Crippen molar-refractivity contribution >= 4 is 34.7 Å². The quantitative estimate of drug-likeness (QED) is 0.173. The van der Waals surface area contributed by atoms with E-state index in [0.29, 0.717) is 67.0 Å². The number of carbonyl (C=O) groups is 4. The Labute approximate surface area is 307 Å². The van der Waals surface area contributed by atoms with E-state index < -0.39 is 29.1 Å². The summed E-state index contributed by atoms with van der Waals surface area (Å²) in [6, 6.07) is 15.3. The summed E-state index contributed by atoms with van der Waals surface area (Å²) in [5.74, 6) is -1.38. The van der Waals surface area contributed by atoms with Gasteiger partial charge in [-0.05, 0) is 103 Å². The SMILES string of the molecule is Cc1c(C(c2cccc(Cl)c2)c2oc3c(c2C)C(=O)C(=O)c2c-3ccc3c2CCCC3(C)C)oc2c1C(=O)C(=O)c1c-2ccc2c1CCCC2(C)C. The van der Waals surface area contributed by atoms with Crippen molar-refractivity contribution in [2.24, 2.45) is 0 Å². The van der Waals surface area contributed by atoms with Gasteiger partial charge in [0, 0.05) is 38.4 Å². The van der Waals surface area contributed by atoms with Crippen molar-refractivity contribution in [3.63, 3.8) is 0 Å². The number of fused-ring (bicyclic) bond motifs is 10. The van der Waals surface area contributed by atoms with Gasteiger partial charge in [0.05, 0.1) is 11.1 Å². The number of carbonyl (C=O) groups excluding carboxylic acids is 4. The molecule has 0 radical (unpaired) electrons. The van der Waals surface area contributed by atoms with E-state index in [1.165, 1.54) is 0 Å². The van der Waals surface area contributed by atoms with Crippen molar-refractivity contribution in [3.05, 3.63) is 126 Å². The molecule has 0 atom stereocenters. The normalized spacial score (nSPS) is 18.1. The Morgan fingerprint density at radius 1 is 0.615 bits per heavy atom. The van der Waals surface area contributed by atoms with E-state index in [1.807, 2.05) is 30.3 Å². The molecule has 0 aliphatic heterocycles. The molecule has 3 aromatic carbocycles. The van der Waals surface area contributed by atoms with Gasteiger partial charge >= 0.3 is 0 Å². The highest BCUT2D eigenvalue weighted by atomic mass is 35.5. The number of rotatable bonds is 3. The molecule has 0 fully saturated rings. The standard InChI is InChI=1S/C45H39ClO6/c1-21-31-36(47)38(49)34-25-12-8-18-44(3,4)29(25)16-14-27(34)42(31)51-40(21)33(23-10-7-11-24(46)20-23)41-22(2)32-37(48)39(50)35-26-13-9-19-45(5,6)30(26)17-15-28(35)43(32)52-41/h7,10-11,14-17,20,33H,8-9,12-13,18-19H2,1-6H3. The summed E-state index contributed by atoms with van der Waals surface area (Å²) in [6.45, 7) is 12.3. The predicted octanol–water partition coefficient (Wildman–Crippen LogP) is 10.6. The zero-order chi connectivity index (χ0) is 36.6. The molecule has 0 spiro atoms. The van der Waals surface area contributed by atoms with Crippen LogP contribution in [0.4, 0.5) is 0 Å². The lowest BCUT2D eigenvalue weighted by Gasteiger charge is -2.34. The topological polar surface area (TPSA) is 94.6 Å². The molecule has 2 heterocycles. The number of hydrogen-bond acceptors (Lipinski definition) is 6. The van der Waals surface area contributed by atoms with Crippen LogP contribution in [0, 0.1) is 13.8 Å². The molecule has 0 saturated heterocycles. The third-order valence-electron chi connectivity index (χ3n) is 12.4. The lowest BCUT2D eigenvalue weighted by atomic mass is 9.69. The second kappa shape index (κ2) is 11.1. The summed E-state index contributed by atoms with van der Waals surface area (Å²) in [7, 11) is 0. The van der Waals surface area contributed by atoms with Gasteiger partial charge in [0.1, 0.15) is 29.0 Å². The fourth-order valence-corrected chi connectivity index (χ4v) is 9.96. The second-order valence-corrected chi connectivity index (χ2v) is 16.8. The van der Waals surface area contributed by atoms with E-state index in [1.54, 1.807) is 19.9 Å². The third-order valence-corrected chi connectivity index (χ3v) is 12.7. The first-order valence-corrected chi connectivity index (χ1v) is 18.6. The third kappa shape index (κ3) is 4.43. The molecule has 9 rings (SSSR count). The van der Waals surface area contributed by atoms with Crippen LogP contribution in [0.25, 0.3) is 22.6 Å². The van der Waals surface area contributed by atoms with E-state index in [0.717, 1.165) is 60.8 Å².